The van der Waals surface area contributed by atoms with Crippen LogP contribution in [0.4, 0.5) is 0 Å². The van der Waals surface area contributed by atoms with Gasteiger partial charge in [0.1, 0.15) is 6.04 Å². The first kappa shape index (κ1) is 14.7. The molecular weight excluding hydrogens is 252 g/mol. The Labute approximate surface area is 110 Å². The van der Waals surface area contributed by atoms with Crippen LogP contribution in [0.25, 0.3) is 0 Å². The maximum Gasteiger partial charge on any atom is 0.331 e. The minimum atomic E-state index is -0.666. The average Bonchev–Trinajstić information content (AvgIpc) is 2.40. The van der Waals surface area contributed by atoms with Crippen LogP contribution in [0.2, 0.25) is 0 Å². The molecule has 1 fully saturated rings. The molecule has 1 aliphatic rings. The summed E-state index contributed by atoms with van der Waals surface area (Å²) in [4.78, 5) is 33.4. The van der Waals surface area contributed by atoms with Crippen LogP contribution in [0.15, 0.2) is 24.4 Å². The van der Waals surface area contributed by atoms with E-state index in [2.05, 4.69) is 21.9 Å². The van der Waals surface area contributed by atoms with Gasteiger partial charge in [0.05, 0.1) is 20.3 Å². The predicted octanol–water partition coefficient (Wildman–Crippen LogP) is -0.749. The number of rotatable bonds is 5. The maximum atomic E-state index is 11.4. The van der Waals surface area contributed by atoms with E-state index >= 15 is 0 Å². The molecule has 104 valence electrons. The molecule has 1 aliphatic heterocycles. The molecule has 0 unspecified atom stereocenters. The molecular formula is C12H16N2O5. The highest BCUT2D eigenvalue weighted by Gasteiger charge is 2.22. The van der Waals surface area contributed by atoms with E-state index in [1.807, 2.05) is 0 Å². The number of methoxy groups -OCH3 is 1. The van der Waals surface area contributed by atoms with Crippen LogP contribution in [0.3, 0.4) is 0 Å². The van der Waals surface area contributed by atoms with Gasteiger partial charge in [0.25, 0.3) is 0 Å². The number of esters is 2. The molecule has 1 rings (SSSR count). The molecule has 1 amide bonds. The standard InChI is InChI=1S/C12H16N2O5/c1-8-7-13-12(17)9(14-8)5-6-19-11(16)4-3-10(15)18-2/h3-4,9,14H,1,5-7H2,2H3,(H,13,17)/b4-3+/t9-/m0/s1. The molecule has 0 aromatic rings. The molecule has 0 aromatic carbocycles. The van der Waals surface area contributed by atoms with Gasteiger partial charge in [0.15, 0.2) is 0 Å². The number of carbonyl (C=O) groups excluding carboxylic acids is 3. The van der Waals surface area contributed by atoms with Gasteiger partial charge >= 0.3 is 11.9 Å². The van der Waals surface area contributed by atoms with E-state index in [-0.39, 0.29) is 12.5 Å². The average molecular weight is 268 g/mol. The second-order valence-electron chi connectivity index (χ2n) is 3.83. The number of amides is 1. The first-order chi connectivity index (χ1) is 9.02. The van der Waals surface area contributed by atoms with Crippen LogP contribution >= 0.6 is 0 Å². The summed E-state index contributed by atoms with van der Waals surface area (Å²) in [5.74, 6) is -1.46. The number of hydrogen-bond donors (Lipinski definition) is 2. The third-order valence-electron chi connectivity index (χ3n) is 2.38. The largest absolute Gasteiger partial charge is 0.466 e. The normalized spacial score (nSPS) is 18.7. The SMILES string of the molecule is C=C1CNC(=O)[C@H](CCOC(=O)/C=C/C(=O)OC)N1. The Balaban J connectivity index is 2.27. The van der Waals surface area contributed by atoms with Crippen molar-refractivity contribution in [2.75, 3.05) is 20.3 Å². The maximum absolute atomic E-state index is 11.4. The number of piperazine rings is 1. The lowest BCUT2D eigenvalue weighted by molar-refractivity contribution is -0.140. The zero-order valence-corrected chi connectivity index (χ0v) is 10.6. The van der Waals surface area contributed by atoms with Crippen molar-refractivity contribution in [3.05, 3.63) is 24.4 Å². The van der Waals surface area contributed by atoms with Crippen molar-refractivity contribution in [1.82, 2.24) is 10.6 Å². The Morgan fingerprint density at radius 1 is 1.42 bits per heavy atom. The van der Waals surface area contributed by atoms with Gasteiger partial charge in [0, 0.05) is 24.3 Å². The Kier molecular flexibility index (Phi) is 5.59. The van der Waals surface area contributed by atoms with Gasteiger partial charge in [-0.2, -0.15) is 0 Å². The van der Waals surface area contributed by atoms with E-state index in [9.17, 15) is 14.4 Å². The molecule has 0 saturated carbocycles. The van der Waals surface area contributed by atoms with Crippen molar-refractivity contribution in [2.45, 2.75) is 12.5 Å². The van der Waals surface area contributed by atoms with Gasteiger partial charge in [-0.05, 0) is 0 Å². The fourth-order valence-corrected chi connectivity index (χ4v) is 1.41. The number of carbonyl (C=O) groups is 3. The zero-order valence-electron chi connectivity index (χ0n) is 10.6. The van der Waals surface area contributed by atoms with Gasteiger partial charge in [-0.25, -0.2) is 9.59 Å². The van der Waals surface area contributed by atoms with Crippen LogP contribution in [-0.2, 0) is 23.9 Å². The number of hydrogen-bond acceptors (Lipinski definition) is 6. The van der Waals surface area contributed by atoms with E-state index in [0.29, 0.717) is 18.7 Å². The molecule has 0 aliphatic carbocycles. The summed E-state index contributed by atoms with van der Waals surface area (Å²) in [7, 11) is 1.21. The molecule has 7 nitrogen and oxygen atoms in total. The van der Waals surface area contributed by atoms with Crippen LogP contribution in [0, 0.1) is 0 Å². The van der Waals surface area contributed by atoms with Crippen molar-refractivity contribution >= 4 is 17.8 Å². The lowest BCUT2D eigenvalue weighted by Gasteiger charge is -2.25. The van der Waals surface area contributed by atoms with E-state index in [1.165, 1.54) is 7.11 Å². The fraction of sp³-hybridized carbons (Fsp3) is 0.417. The van der Waals surface area contributed by atoms with Crippen LogP contribution in [0.5, 0.6) is 0 Å². The van der Waals surface area contributed by atoms with Crippen molar-refractivity contribution in [3.8, 4) is 0 Å². The summed E-state index contributed by atoms with van der Waals surface area (Å²) < 4.78 is 9.16. The van der Waals surface area contributed by atoms with E-state index in [4.69, 9.17) is 4.74 Å². The van der Waals surface area contributed by atoms with Crippen LogP contribution < -0.4 is 10.6 Å². The van der Waals surface area contributed by atoms with Crippen molar-refractivity contribution in [2.24, 2.45) is 0 Å². The van der Waals surface area contributed by atoms with Gasteiger partial charge < -0.3 is 20.1 Å². The Morgan fingerprint density at radius 2 is 2.11 bits per heavy atom. The number of ether oxygens (including phenoxy) is 2. The molecule has 0 spiro atoms. The summed E-state index contributed by atoms with van der Waals surface area (Å²) in [5, 5.41) is 5.56. The quantitative estimate of drug-likeness (QED) is 0.503. The summed E-state index contributed by atoms with van der Waals surface area (Å²) in [6.45, 7) is 4.16. The second-order valence-corrected chi connectivity index (χ2v) is 3.83. The molecule has 1 saturated heterocycles. The Bertz CT molecular complexity index is 416. The molecule has 0 radical (unpaired) electrons. The summed E-state index contributed by atoms with van der Waals surface area (Å²) in [6.07, 6.45) is 2.26. The van der Waals surface area contributed by atoms with E-state index < -0.39 is 18.0 Å². The third-order valence-corrected chi connectivity index (χ3v) is 2.38. The zero-order chi connectivity index (χ0) is 14.3. The van der Waals surface area contributed by atoms with Gasteiger partial charge in [-0.15, -0.1) is 0 Å². The van der Waals surface area contributed by atoms with Crippen molar-refractivity contribution in [1.29, 1.82) is 0 Å². The van der Waals surface area contributed by atoms with Gasteiger partial charge in [-0.1, -0.05) is 6.58 Å². The first-order valence-corrected chi connectivity index (χ1v) is 5.67. The molecule has 0 aromatic heterocycles. The fourth-order valence-electron chi connectivity index (χ4n) is 1.41. The second kappa shape index (κ2) is 7.20. The van der Waals surface area contributed by atoms with Crippen molar-refractivity contribution in [3.63, 3.8) is 0 Å². The Morgan fingerprint density at radius 3 is 2.79 bits per heavy atom. The lowest BCUT2D eigenvalue weighted by Crippen LogP contribution is -2.51. The minimum Gasteiger partial charge on any atom is -0.466 e. The summed E-state index contributed by atoms with van der Waals surface area (Å²) in [6, 6.07) is -0.460. The molecule has 0 bridgehead atoms. The molecule has 1 atom stereocenters. The van der Waals surface area contributed by atoms with Gasteiger partial charge in [-0.3, -0.25) is 4.79 Å². The topological polar surface area (TPSA) is 93.7 Å². The molecule has 1 heterocycles. The number of nitrogens with one attached hydrogen (secondary N) is 2. The van der Waals surface area contributed by atoms with Crippen LogP contribution in [0.1, 0.15) is 6.42 Å². The summed E-state index contributed by atoms with van der Waals surface area (Å²) in [5.41, 5.74) is 0.710. The van der Waals surface area contributed by atoms with Crippen LogP contribution in [-0.4, -0.2) is 44.1 Å². The monoisotopic (exact) mass is 268 g/mol. The van der Waals surface area contributed by atoms with E-state index in [0.717, 1.165) is 12.2 Å². The predicted molar refractivity (Wildman–Crippen MR) is 65.8 cm³/mol. The van der Waals surface area contributed by atoms with Gasteiger partial charge in [0.2, 0.25) is 5.91 Å². The smallest absolute Gasteiger partial charge is 0.331 e. The molecule has 2 N–H and O–H groups in total. The Hall–Kier alpha value is -2.31. The third kappa shape index (κ3) is 5.24. The minimum absolute atomic E-state index is 0.0582. The highest BCUT2D eigenvalue weighted by molar-refractivity contribution is 5.91. The highest BCUT2D eigenvalue weighted by Crippen LogP contribution is 2.02. The summed E-state index contributed by atoms with van der Waals surface area (Å²) >= 11 is 0. The molecule has 19 heavy (non-hydrogen) atoms. The van der Waals surface area contributed by atoms with E-state index in [1.54, 1.807) is 0 Å². The highest BCUT2D eigenvalue weighted by atomic mass is 16.5. The lowest BCUT2D eigenvalue weighted by atomic mass is 10.1. The van der Waals surface area contributed by atoms with Crippen molar-refractivity contribution < 1.29 is 23.9 Å². The molecule has 7 heteroatoms. The first-order valence-electron chi connectivity index (χ1n) is 5.67.